The van der Waals surface area contributed by atoms with Crippen LogP contribution in [0.25, 0.3) is 0 Å². The van der Waals surface area contributed by atoms with E-state index < -0.39 is 10.0 Å². The maximum absolute atomic E-state index is 13.2. The molecule has 1 fully saturated rings. The van der Waals surface area contributed by atoms with E-state index in [9.17, 15) is 17.6 Å². The van der Waals surface area contributed by atoms with E-state index in [1.807, 2.05) is 0 Å². The second kappa shape index (κ2) is 7.66. The fourth-order valence-electron chi connectivity index (χ4n) is 2.81. The monoisotopic (exact) mass is 392 g/mol. The van der Waals surface area contributed by atoms with Crippen molar-refractivity contribution in [3.8, 4) is 5.75 Å². The number of ether oxygens (including phenoxy) is 1. The molecule has 0 spiro atoms. The summed E-state index contributed by atoms with van der Waals surface area (Å²) in [6.07, 6.45) is 1.57. The van der Waals surface area contributed by atoms with Crippen LogP contribution in [0.2, 0.25) is 0 Å². The van der Waals surface area contributed by atoms with E-state index in [1.54, 1.807) is 12.1 Å². The van der Waals surface area contributed by atoms with Crippen LogP contribution in [0, 0.1) is 5.82 Å². The molecule has 0 atom stereocenters. The predicted molar refractivity (Wildman–Crippen MR) is 99.4 cm³/mol. The number of amides is 1. The number of halogens is 1. The van der Waals surface area contributed by atoms with Gasteiger partial charge in [0.25, 0.3) is 0 Å². The molecular formula is C19H21FN2O4S. The summed E-state index contributed by atoms with van der Waals surface area (Å²) in [5.74, 6) is -0.316. The van der Waals surface area contributed by atoms with Gasteiger partial charge in [-0.25, -0.2) is 12.8 Å². The average molecular weight is 392 g/mol. The summed E-state index contributed by atoms with van der Waals surface area (Å²) in [6.45, 7) is 1.50. The first-order valence-corrected chi connectivity index (χ1v) is 9.97. The van der Waals surface area contributed by atoms with Gasteiger partial charge in [0.2, 0.25) is 15.9 Å². The van der Waals surface area contributed by atoms with Gasteiger partial charge in [-0.15, -0.1) is 0 Å². The molecule has 1 aliphatic rings. The molecule has 2 aromatic rings. The molecule has 0 aliphatic heterocycles. The van der Waals surface area contributed by atoms with E-state index in [-0.39, 0.29) is 29.2 Å². The normalized spacial score (nSPS) is 14.2. The Bertz CT molecular complexity index is 941. The number of anilines is 1. The van der Waals surface area contributed by atoms with Crippen molar-refractivity contribution in [2.45, 2.75) is 37.2 Å². The lowest BCUT2D eigenvalue weighted by atomic mass is 10.2. The molecular weight excluding hydrogens is 371 g/mol. The molecule has 1 N–H and O–H groups in total. The Labute approximate surface area is 158 Å². The maximum atomic E-state index is 13.2. The van der Waals surface area contributed by atoms with Crippen molar-refractivity contribution in [1.82, 2.24) is 4.31 Å². The zero-order chi connectivity index (χ0) is 19.6. The second-order valence-electron chi connectivity index (χ2n) is 6.45. The molecule has 0 heterocycles. The van der Waals surface area contributed by atoms with Gasteiger partial charge in [-0.2, -0.15) is 4.31 Å². The number of nitrogens with zero attached hydrogens (tertiary/aromatic N) is 1. The number of hydrogen-bond acceptors (Lipinski definition) is 4. The molecule has 1 aliphatic carbocycles. The van der Waals surface area contributed by atoms with Crippen LogP contribution in [0.15, 0.2) is 47.4 Å². The van der Waals surface area contributed by atoms with Crippen LogP contribution in [-0.2, 0) is 21.4 Å². The number of methoxy groups -OCH3 is 1. The lowest BCUT2D eigenvalue weighted by molar-refractivity contribution is -0.114. The van der Waals surface area contributed by atoms with Crippen LogP contribution in [0.3, 0.4) is 0 Å². The molecule has 1 amide bonds. The quantitative estimate of drug-likeness (QED) is 0.785. The third-order valence-corrected chi connectivity index (χ3v) is 6.19. The molecule has 2 aromatic carbocycles. The van der Waals surface area contributed by atoms with Gasteiger partial charge in [-0.05, 0) is 48.7 Å². The zero-order valence-electron chi connectivity index (χ0n) is 15.1. The van der Waals surface area contributed by atoms with Gasteiger partial charge in [0.1, 0.15) is 11.6 Å². The van der Waals surface area contributed by atoms with Crippen molar-refractivity contribution in [3.63, 3.8) is 0 Å². The molecule has 3 rings (SSSR count). The first kappa shape index (κ1) is 19.3. The number of carbonyl (C=O) groups excluding carboxylic acids is 1. The summed E-state index contributed by atoms with van der Waals surface area (Å²) in [5.41, 5.74) is 1.01. The highest BCUT2D eigenvalue weighted by Gasteiger charge is 2.38. The van der Waals surface area contributed by atoms with Crippen molar-refractivity contribution in [2.24, 2.45) is 0 Å². The first-order valence-electron chi connectivity index (χ1n) is 8.53. The standard InChI is InChI=1S/C19H21FN2O4S/c1-13(23)21-18-11-17(9-10-19(18)26-2)27(24,25)22(16-7-8-16)12-14-3-5-15(20)6-4-14/h3-6,9-11,16H,7-8,12H2,1-2H3,(H,21,23). The summed E-state index contributed by atoms with van der Waals surface area (Å²) in [7, 11) is -2.35. The topological polar surface area (TPSA) is 75.7 Å². The molecule has 0 radical (unpaired) electrons. The maximum Gasteiger partial charge on any atom is 0.243 e. The average Bonchev–Trinajstić information content (AvgIpc) is 3.45. The number of carbonyl (C=O) groups is 1. The van der Waals surface area contributed by atoms with Crippen molar-refractivity contribution in [1.29, 1.82) is 0 Å². The highest BCUT2D eigenvalue weighted by atomic mass is 32.2. The molecule has 0 aromatic heterocycles. The summed E-state index contributed by atoms with van der Waals surface area (Å²) in [4.78, 5) is 11.5. The van der Waals surface area contributed by atoms with Crippen LogP contribution in [0.5, 0.6) is 5.75 Å². The Morgan fingerprint density at radius 3 is 2.44 bits per heavy atom. The lowest BCUT2D eigenvalue weighted by Crippen LogP contribution is -2.32. The molecule has 6 nitrogen and oxygen atoms in total. The Balaban J connectivity index is 1.94. The van der Waals surface area contributed by atoms with Gasteiger partial charge < -0.3 is 10.1 Å². The number of sulfonamides is 1. The first-order chi connectivity index (χ1) is 12.8. The van der Waals surface area contributed by atoms with E-state index in [2.05, 4.69) is 5.32 Å². The minimum Gasteiger partial charge on any atom is -0.495 e. The Kier molecular flexibility index (Phi) is 5.48. The van der Waals surface area contributed by atoms with Gasteiger partial charge in [-0.3, -0.25) is 4.79 Å². The number of nitrogens with one attached hydrogen (secondary N) is 1. The highest BCUT2D eigenvalue weighted by molar-refractivity contribution is 7.89. The van der Waals surface area contributed by atoms with E-state index in [0.29, 0.717) is 17.0 Å². The van der Waals surface area contributed by atoms with Crippen molar-refractivity contribution in [3.05, 3.63) is 53.8 Å². The van der Waals surface area contributed by atoms with E-state index in [0.717, 1.165) is 12.8 Å². The molecule has 27 heavy (non-hydrogen) atoms. The molecule has 1 saturated carbocycles. The SMILES string of the molecule is COc1ccc(S(=O)(=O)N(Cc2ccc(F)cc2)C2CC2)cc1NC(C)=O. The second-order valence-corrected chi connectivity index (χ2v) is 8.34. The Hall–Kier alpha value is -2.45. The molecule has 0 unspecified atom stereocenters. The van der Waals surface area contributed by atoms with Crippen LogP contribution in [0.4, 0.5) is 10.1 Å². The fourth-order valence-corrected chi connectivity index (χ4v) is 4.51. The summed E-state index contributed by atoms with van der Waals surface area (Å²) >= 11 is 0. The van der Waals surface area contributed by atoms with Crippen molar-refractivity contribution >= 4 is 21.6 Å². The number of rotatable bonds is 7. The predicted octanol–water partition coefficient (Wildman–Crippen LogP) is 3.15. The van der Waals surface area contributed by atoms with Gasteiger partial charge in [0.15, 0.2) is 0 Å². The number of benzene rings is 2. The van der Waals surface area contributed by atoms with Crippen molar-refractivity contribution < 1.29 is 22.3 Å². The molecule has 0 bridgehead atoms. The summed E-state index contributed by atoms with van der Waals surface area (Å²) in [5, 5.41) is 2.59. The fraction of sp³-hybridized carbons (Fsp3) is 0.316. The third kappa shape index (κ3) is 4.45. The van der Waals surface area contributed by atoms with Crippen molar-refractivity contribution in [2.75, 3.05) is 12.4 Å². The van der Waals surface area contributed by atoms with Gasteiger partial charge in [0, 0.05) is 19.5 Å². The minimum atomic E-state index is -3.80. The summed E-state index contributed by atoms with van der Waals surface area (Å²) < 4.78 is 46.2. The van der Waals surface area contributed by atoms with E-state index in [1.165, 1.54) is 48.7 Å². The lowest BCUT2D eigenvalue weighted by Gasteiger charge is -2.23. The molecule has 144 valence electrons. The minimum absolute atomic E-state index is 0.0704. The van der Waals surface area contributed by atoms with Crippen LogP contribution in [-0.4, -0.2) is 31.8 Å². The van der Waals surface area contributed by atoms with Crippen LogP contribution >= 0.6 is 0 Å². The molecule has 8 heteroatoms. The smallest absolute Gasteiger partial charge is 0.243 e. The summed E-state index contributed by atoms with van der Waals surface area (Å²) in [6, 6.07) is 10.1. The van der Waals surface area contributed by atoms with Gasteiger partial charge >= 0.3 is 0 Å². The number of hydrogen-bond donors (Lipinski definition) is 1. The highest BCUT2D eigenvalue weighted by Crippen LogP contribution is 2.35. The van der Waals surface area contributed by atoms with E-state index >= 15 is 0 Å². The Morgan fingerprint density at radius 1 is 1.22 bits per heavy atom. The van der Waals surface area contributed by atoms with Gasteiger partial charge in [-0.1, -0.05) is 12.1 Å². The van der Waals surface area contributed by atoms with Gasteiger partial charge in [0.05, 0.1) is 17.7 Å². The molecule has 0 saturated heterocycles. The Morgan fingerprint density at radius 2 is 1.89 bits per heavy atom. The largest absolute Gasteiger partial charge is 0.495 e. The van der Waals surface area contributed by atoms with Crippen LogP contribution in [0.1, 0.15) is 25.3 Å². The van der Waals surface area contributed by atoms with E-state index in [4.69, 9.17) is 4.74 Å². The zero-order valence-corrected chi connectivity index (χ0v) is 15.9. The third-order valence-electron chi connectivity index (χ3n) is 4.29. The van der Waals surface area contributed by atoms with Crippen LogP contribution < -0.4 is 10.1 Å².